The zero-order chi connectivity index (χ0) is 16.5. The van der Waals surface area contributed by atoms with E-state index in [9.17, 15) is 10.0 Å². The number of fused-ring (bicyclic) bond motifs is 1. The minimum Gasteiger partial charge on any atom is -0.711 e. The van der Waals surface area contributed by atoms with Crippen LogP contribution in [0, 0.1) is 5.21 Å². The van der Waals surface area contributed by atoms with E-state index in [2.05, 4.69) is 0 Å². The van der Waals surface area contributed by atoms with Crippen molar-refractivity contribution in [3.05, 3.63) is 101 Å². The first-order chi connectivity index (χ1) is 11.8. The van der Waals surface area contributed by atoms with E-state index in [-0.39, 0.29) is 11.4 Å². The fourth-order valence-corrected chi connectivity index (χ4v) is 2.90. The molecule has 4 heteroatoms. The molecule has 0 aliphatic heterocycles. The Morgan fingerprint density at radius 1 is 0.833 bits per heavy atom. The van der Waals surface area contributed by atoms with Crippen molar-refractivity contribution in [3.63, 3.8) is 0 Å². The van der Waals surface area contributed by atoms with E-state index < -0.39 is 0 Å². The number of aromatic nitrogens is 2. The lowest BCUT2D eigenvalue weighted by atomic mass is 10.1. The first kappa shape index (κ1) is 14.2. The van der Waals surface area contributed by atoms with Crippen LogP contribution in [0.3, 0.4) is 0 Å². The fourth-order valence-electron chi connectivity index (χ4n) is 2.90. The second kappa shape index (κ2) is 5.66. The van der Waals surface area contributed by atoms with Crippen LogP contribution >= 0.6 is 0 Å². The summed E-state index contributed by atoms with van der Waals surface area (Å²) in [6.45, 7) is 0. The molecule has 4 aromatic rings. The molecule has 116 valence electrons. The summed E-state index contributed by atoms with van der Waals surface area (Å²) in [5.41, 5.74) is 1.36. The van der Waals surface area contributed by atoms with E-state index in [1.807, 2.05) is 54.6 Å². The van der Waals surface area contributed by atoms with Gasteiger partial charge in [0.2, 0.25) is 0 Å². The third-order valence-electron chi connectivity index (χ3n) is 4.03. The van der Waals surface area contributed by atoms with Gasteiger partial charge in [0, 0.05) is 11.6 Å². The maximum Gasteiger partial charge on any atom is 0.347 e. The molecule has 0 N–H and O–H groups in total. The van der Waals surface area contributed by atoms with Crippen molar-refractivity contribution in [3.8, 4) is 17.1 Å². The van der Waals surface area contributed by atoms with Crippen LogP contribution in [0.5, 0.6) is 0 Å². The van der Waals surface area contributed by atoms with E-state index in [0.717, 1.165) is 10.9 Å². The third kappa shape index (κ3) is 2.25. The van der Waals surface area contributed by atoms with Crippen LogP contribution in [0.2, 0.25) is 0 Å². The van der Waals surface area contributed by atoms with Crippen molar-refractivity contribution in [1.82, 2.24) is 4.57 Å². The van der Waals surface area contributed by atoms with Crippen LogP contribution in [0.1, 0.15) is 0 Å². The van der Waals surface area contributed by atoms with Crippen molar-refractivity contribution < 1.29 is 4.73 Å². The van der Waals surface area contributed by atoms with Gasteiger partial charge in [-0.25, -0.2) is 9.52 Å². The fraction of sp³-hybridized carbons (Fsp3) is 0. The molecule has 4 rings (SSSR count). The highest BCUT2D eigenvalue weighted by Crippen LogP contribution is 2.23. The molecule has 24 heavy (non-hydrogen) atoms. The predicted molar refractivity (Wildman–Crippen MR) is 93.9 cm³/mol. The first-order valence-corrected chi connectivity index (χ1v) is 7.64. The van der Waals surface area contributed by atoms with E-state index >= 15 is 0 Å². The van der Waals surface area contributed by atoms with E-state index in [4.69, 9.17) is 0 Å². The number of nitrogens with zero attached hydrogens (tertiary/aromatic N) is 2. The summed E-state index contributed by atoms with van der Waals surface area (Å²) in [6.07, 6.45) is 1.39. The molecule has 0 spiro atoms. The Morgan fingerprint density at radius 3 is 2.33 bits per heavy atom. The monoisotopic (exact) mass is 314 g/mol. The van der Waals surface area contributed by atoms with Crippen molar-refractivity contribution in [2.24, 2.45) is 0 Å². The molecule has 2 aromatic heterocycles. The summed E-state index contributed by atoms with van der Waals surface area (Å²) in [5, 5.41) is 13.7. The van der Waals surface area contributed by atoms with Gasteiger partial charge in [-0.1, -0.05) is 54.6 Å². The smallest absolute Gasteiger partial charge is 0.347 e. The SMILES string of the molecule is O=c1c2ccccc2cc(-c2ccccc2)n1-c1cccc[n+]1[O-]. The third-order valence-corrected chi connectivity index (χ3v) is 4.03. The number of hydrogen-bond donors (Lipinski definition) is 0. The van der Waals surface area contributed by atoms with Gasteiger partial charge in [-0.3, -0.25) is 0 Å². The first-order valence-electron chi connectivity index (χ1n) is 7.64. The molecule has 2 heterocycles. The maximum absolute atomic E-state index is 13.1. The number of rotatable bonds is 2. The Bertz CT molecular complexity index is 1090. The van der Waals surface area contributed by atoms with Gasteiger partial charge in [-0.15, -0.1) is 0 Å². The normalized spacial score (nSPS) is 10.8. The van der Waals surface area contributed by atoms with Crippen molar-refractivity contribution in [1.29, 1.82) is 0 Å². The molecule has 0 saturated heterocycles. The van der Waals surface area contributed by atoms with Crippen LogP contribution in [0.15, 0.2) is 89.9 Å². The highest BCUT2D eigenvalue weighted by atomic mass is 16.5. The molecule has 0 fully saturated rings. The molecule has 0 radical (unpaired) electrons. The van der Waals surface area contributed by atoms with Crippen LogP contribution < -0.4 is 10.3 Å². The van der Waals surface area contributed by atoms with Gasteiger partial charge in [0.15, 0.2) is 0 Å². The maximum atomic E-state index is 13.1. The van der Waals surface area contributed by atoms with Gasteiger partial charge in [0.25, 0.3) is 5.82 Å². The minimum absolute atomic E-state index is 0.206. The van der Waals surface area contributed by atoms with Crippen LogP contribution in [0.25, 0.3) is 27.8 Å². The standard InChI is InChI=1S/C20H14N2O2/c23-20-17-11-5-4-10-16(17)14-18(15-8-2-1-3-9-15)22(20)19-12-6-7-13-21(19)24/h1-14H. The summed E-state index contributed by atoms with van der Waals surface area (Å²) in [4.78, 5) is 13.1. The molecule has 4 nitrogen and oxygen atoms in total. The molecule has 0 aliphatic rings. The summed E-state index contributed by atoms with van der Waals surface area (Å²) < 4.78 is 2.19. The Balaban J connectivity index is 2.16. The summed E-state index contributed by atoms with van der Waals surface area (Å²) in [6, 6.07) is 24.0. The number of hydrogen-bond acceptors (Lipinski definition) is 2. The Kier molecular flexibility index (Phi) is 3.35. The van der Waals surface area contributed by atoms with Crippen molar-refractivity contribution in [2.45, 2.75) is 0 Å². The molecule has 2 aromatic carbocycles. The van der Waals surface area contributed by atoms with Gasteiger partial charge in [0.1, 0.15) is 5.69 Å². The average Bonchev–Trinajstić information content (AvgIpc) is 2.63. The van der Waals surface area contributed by atoms with Crippen LogP contribution in [0.4, 0.5) is 0 Å². The summed E-state index contributed by atoms with van der Waals surface area (Å²) >= 11 is 0. The topological polar surface area (TPSA) is 48.9 Å². The van der Waals surface area contributed by atoms with Gasteiger partial charge in [-0.2, -0.15) is 4.57 Å². The molecular formula is C20H14N2O2. The second-order valence-electron chi connectivity index (χ2n) is 5.51. The predicted octanol–water partition coefficient (Wildman–Crippen LogP) is 3.29. The Labute approximate surface area is 138 Å². The van der Waals surface area contributed by atoms with E-state index in [0.29, 0.717) is 15.8 Å². The molecule has 0 amide bonds. The molecule has 0 bridgehead atoms. The second-order valence-corrected chi connectivity index (χ2v) is 5.51. The number of benzene rings is 2. The average molecular weight is 314 g/mol. The highest BCUT2D eigenvalue weighted by molar-refractivity contribution is 5.86. The summed E-state index contributed by atoms with van der Waals surface area (Å²) in [7, 11) is 0. The lowest BCUT2D eigenvalue weighted by molar-refractivity contribution is -0.599. The van der Waals surface area contributed by atoms with Gasteiger partial charge >= 0.3 is 5.56 Å². The minimum atomic E-state index is -0.206. The molecule has 0 unspecified atom stereocenters. The lowest BCUT2D eigenvalue weighted by Gasteiger charge is -2.12. The van der Waals surface area contributed by atoms with Gasteiger partial charge in [0.05, 0.1) is 11.6 Å². The van der Waals surface area contributed by atoms with Gasteiger partial charge in [-0.05, 0) is 23.6 Å². The quantitative estimate of drug-likeness (QED) is 0.421. The van der Waals surface area contributed by atoms with Crippen molar-refractivity contribution in [2.75, 3.05) is 0 Å². The molecular weight excluding hydrogens is 300 g/mol. The Hall–Kier alpha value is -3.40. The Morgan fingerprint density at radius 2 is 1.54 bits per heavy atom. The molecule has 0 atom stereocenters. The van der Waals surface area contributed by atoms with E-state index in [1.165, 1.54) is 10.8 Å². The van der Waals surface area contributed by atoms with Crippen LogP contribution in [-0.2, 0) is 0 Å². The number of pyridine rings is 2. The largest absolute Gasteiger partial charge is 0.711 e. The van der Waals surface area contributed by atoms with Crippen molar-refractivity contribution >= 4 is 10.8 Å². The zero-order valence-corrected chi connectivity index (χ0v) is 12.8. The lowest BCUT2D eigenvalue weighted by Crippen LogP contribution is -2.36. The zero-order valence-electron chi connectivity index (χ0n) is 12.8. The van der Waals surface area contributed by atoms with Gasteiger partial charge < -0.3 is 5.21 Å². The molecule has 0 saturated carbocycles. The summed E-state index contributed by atoms with van der Waals surface area (Å²) in [5.74, 6) is 0.284. The highest BCUT2D eigenvalue weighted by Gasteiger charge is 2.20. The van der Waals surface area contributed by atoms with Crippen LogP contribution in [-0.4, -0.2) is 4.57 Å². The van der Waals surface area contributed by atoms with E-state index in [1.54, 1.807) is 24.3 Å². The molecule has 0 aliphatic carbocycles.